The summed E-state index contributed by atoms with van der Waals surface area (Å²) in [6.45, 7) is 2.07. The second kappa shape index (κ2) is 6.90. The lowest BCUT2D eigenvalue weighted by Crippen LogP contribution is -2.10. The van der Waals surface area contributed by atoms with Gasteiger partial charge in [-0.15, -0.1) is 0 Å². The highest BCUT2D eigenvalue weighted by Gasteiger charge is 2.17. The normalized spacial score (nSPS) is 10.6. The molecule has 0 N–H and O–H groups in total. The van der Waals surface area contributed by atoms with E-state index in [1.165, 1.54) is 7.11 Å². The molecular weight excluding hydrogens is 276 g/mol. The first-order chi connectivity index (χ1) is 10.1. The number of carbonyl (C=O) groups excluding carboxylic acids is 2. The molecule has 0 atom stereocenters. The van der Waals surface area contributed by atoms with Crippen LogP contribution in [0.5, 0.6) is 5.75 Å². The molecule has 0 saturated heterocycles. The zero-order chi connectivity index (χ0) is 15.2. The second-order valence-electron chi connectivity index (χ2n) is 4.27. The Bertz CT molecular complexity index is 643. The molecule has 0 spiro atoms. The van der Waals surface area contributed by atoms with Crippen LogP contribution in [0, 0.1) is 0 Å². The number of hydrogen-bond donors (Lipinski definition) is 0. The zero-order valence-corrected chi connectivity index (χ0v) is 11.9. The third kappa shape index (κ3) is 3.82. The minimum absolute atomic E-state index is 0.127. The van der Waals surface area contributed by atoms with Gasteiger partial charge < -0.3 is 18.6 Å². The van der Waals surface area contributed by atoms with Gasteiger partial charge in [0.25, 0.3) is 0 Å². The first-order valence-electron chi connectivity index (χ1n) is 6.48. The molecule has 0 saturated carbocycles. The van der Waals surface area contributed by atoms with Gasteiger partial charge in [-0.1, -0.05) is 0 Å². The van der Waals surface area contributed by atoms with Crippen molar-refractivity contribution >= 4 is 22.7 Å². The summed E-state index contributed by atoms with van der Waals surface area (Å²) in [5.74, 6) is -0.243. The molecule has 0 amide bonds. The molecule has 0 aliphatic rings. The highest BCUT2D eigenvalue weighted by Crippen LogP contribution is 2.25. The van der Waals surface area contributed by atoms with Crippen molar-refractivity contribution in [2.45, 2.75) is 13.3 Å². The summed E-state index contributed by atoms with van der Waals surface area (Å²) in [6.07, 6.45) is -0.333. The van der Waals surface area contributed by atoms with Crippen molar-refractivity contribution < 1.29 is 28.2 Å². The Balaban J connectivity index is 2.14. The van der Waals surface area contributed by atoms with Gasteiger partial charge in [-0.05, 0) is 31.2 Å². The van der Waals surface area contributed by atoms with Crippen molar-refractivity contribution in [1.29, 1.82) is 0 Å². The van der Waals surface area contributed by atoms with E-state index in [1.54, 1.807) is 31.2 Å². The number of ether oxygens (including phenoxy) is 3. The molecule has 1 aromatic heterocycles. The van der Waals surface area contributed by atoms with Gasteiger partial charge in [0.2, 0.25) is 5.78 Å². The Morgan fingerprint density at radius 3 is 2.76 bits per heavy atom. The molecule has 2 rings (SSSR count). The highest BCUT2D eigenvalue weighted by atomic mass is 16.7. The Labute approximate surface area is 121 Å². The maximum Gasteiger partial charge on any atom is 0.313 e. The molecule has 0 fully saturated rings. The fourth-order valence-electron chi connectivity index (χ4n) is 1.81. The highest BCUT2D eigenvalue weighted by molar-refractivity contribution is 6.06. The lowest BCUT2D eigenvalue weighted by molar-refractivity contribution is -0.142. The Morgan fingerprint density at radius 2 is 2.05 bits per heavy atom. The van der Waals surface area contributed by atoms with Gasteiger partial charge >= 0.3 is 5.97 Å². The SMILES string of the molecule is CCOC(=O)CC(=O)c1cc2cc(OCOC)ccc2o1. The molecule has 0 bridgehead atoms. The van der Waals surface area contributed by atoms with Crippen molar-refractivity contribution in [3.8, 4) is 5.75 Å². The molecule has 0 radical (unpaired) electrons. The van der Waals surface area contributed by atoms with E-state index in [2.05, 4.69) is 0 Å². The number of hydrogen-bond acceptors (Lipinski definition) is 6. The second-order valence-corrected chi connectivity index (χ2v) is 4.27. The van der Waals surface area contributed by atoms with E-state index >= 15 is 0 Å². The van der Waals surface area contributed by atoms with Crippen molar-refractivity contribution in [2.24, 2.45) is 0 Å². The lowest BCUT2D eigenvalue weighted by Gasteiger charge is -2.03. The molecule has 0 aliphatic heterocycles. The molecule has 21 heavy (non-hydrogen) atoms. The third-order valence-corrected chi connectivity index (χ3v) is 2.72. The number of fused-ring (bicyclic) bond motifs is 1. The van der Waals surface area contributed by atoms with Crippen LogP contribution in [0.3, 0.4) is 0 Å². The largest absolute Gasteiger partial charge is 0.468 e. The number of benzene rings is 1. The van der Waals surface area contributed by atoms with E-state index in [9.17, 15) is 9.59 Å². The third-order valence-electron chi connectivity index (χ3n) is 2.72. The molecule has 112 valence electrons. The van der Waals surface area contributed by atoms with Crippen molar-refractivity contribution in [3.05, 3.63) is 30.0 Å². The van der Waals surface area contributed by atoms with E-state index in [-0.39, 0.29) is 25.6 Å². The molecule has 1 aromatic carbocycles. The Kier molecular flexibility index (Phi) is 4.94. The number of methoxy groups -OCH3 is 1. The topological polar surface area (TPSA) is 75.0 Å². The Morgan fingerprint density at radius 1 is 1.24 bits per heavy atom. The quantitative estimate of drug-likeness (QED) is 0.338. The van der Waals surface area contributed by atoms with Crippen LogP contribution in [0.1, 0.15) is 23.9 Å². The fourth-order valence-corrected chi connectivity index (χ4v) is 1.81. The van der Waals surface area contributed by atoms with Gasteiger partial charge in [-0.25, -0.2) is 0 Å². The number of esters is 1. The smallest absolute Gasteiger partial charge is 0.313 e. The fraction of sp³-hybridized carbons (Fsp3) is 0.333. The lowest BCUT2D eigenvalue weighted by atomic mass is 10.2. The molecule has 2 aromatic rings. The maximum absolute atomic E-state index is 11.9. The average Bonchev–Trinajstić information content (AvgIpc) is 2.88. The number of carbonyl (C=O) groups is 2. The number of rotatable bonds is 7. The average molecular weight is 292 g/mol. The summed E-state index contributed by atoms with van der Waals surface area (Å²) in [7, 11) is 1.53. The molecule has 6 heteroatoms. The van der Waals surface area contributed by atoms with E-state index in [0.29, 0.717) is 11.3 Å². The maximum atomic E-state index is 11.9. The van der Waals surface area contributed by atoms with Crippen LogP contribution in [0.15, 0.2) is 28.7 Å². The predicted octanol–water partition coefficient (Wildman–Crippen LogP) is 2.55. The van der Waals surface area contributed by atoms with Crippen molar-refractivity contribution in [2.75, 3.05) is 20.5 Å². The van der Waals surface area contributed by atoms with E-state index in [0.717, 1.165) is 5.39 Å². The summed E-state index contributed by atoms with van der Waals surface area (Å²) in [5.41, 5.74) is 0.548. The van der Waals surface area contributed by atoms with Gasteiger partial charge in [0, 0.05) is 12.5 Å². The van der Waals surface area contributed by atoms with Gasteiger partial charge in [-0.3, -0.25) is 9.59 Å². The van der Waals surface area contributed by atoms with Crippen LogP contribution in [-0.4, -0.2) is 32.3 Å². The zero-order valence-electron chi connectivity index (χ0n) is 11.9. The minimum Gasteiger partial charge on any atom is -0.468 e. The van der Waals surface area contributed by atoms with E-state index < -0.39 is 11.8 Å². The number of Topliss-reactive ketones (excluding diaryl/α,β-unsaturated/α-hetero) is 1. The molecule has 1 heterocycles. The summed E-state index contributed by atoms with van der Waals surface area (Å²) in [6, 6.07) is 6.72. The van der Waals surface area contributed by atoms with Crippen LogP contribution in [0.25, 0.3) is 11.0 Å². The molecular formula is C15H16O6. The summed E-state index contributed by atoms with van der Waals surface area (Å²) < 4.78 is 20.3. The van der Waals surface area contributed by atoms with Crippen LogP contribution in [0.2, 0.25) is 0 Å². The van der Waals surface area contributed by atoms with Crippen molar-refractivity contribution in [1.82, 2.24) is 0 Å². The summed E-state index contributed by atoms with van der Waals surface area (Å²) >= 11 is 0. The van der Waals surface area contributed by atoms with Crippen LogP contribution in [-0.2, 0) is 14.3 Å². The monoisotopic (exact) mass is 292 g/mol. The van der Waals surface area contributed by atoms with Crippen LogP contribution >= 0.6 is 0 Å². The van der Waals surface area contributed by atoms with Crippen LogP contribution in [0.4, 0.5) is 0 Å². The van der Waals surface area contributed by atoms with Gasteiger partial charge in [-0.2, -0.15) is 0 Å². The summed E-state index contributed by atoms with van der Waals surface area (Å²) in [4.78, 5) is 23.2. The molecule has 0 unspecified atom stereocenters. The van der Waals surface area contributed by atoms with Gasteiger partial charge in [0.15, 0.2) is 12.6 Å². The predicted molar refractivity (Wildman–Crippen MR) is 74.3 cm³/mol. The summed E-state index contributed by atoms with van der Waals surface area (Å²) in [5, 5.41) is 0.718. The standard InChI is InChI=1S/C15H16O6/c1-3-19-15(17)8-12(16)14-7-10-6-11(20-9-18-2)4-5-13(10)21-14/h4-7H,3,8-9H2,1-2H3. The van der Waals surface area contributed by atoms with Gasteiger partial charge in [0.1, 0.15) is 17.8 Å². The number of furan rings is 1. The molecule has 0 aliphatic carbocycles. The van der Waals surface area contributed by atoms with Gasteiger partial charge in [0.05, 0.1) is 6.61 Å². The van der Waals surface area contributed by atoms with E-state index in [4.69, 9.17) is 18.6 Å². The molecule has 6 nitrogen and oxygen atoms in total. The van der Waals surface area contributed by atoms with E-state index in [1.807, 2.05) is 0 Å². The number of ketones is 1. The first kappa shape index (κ1) is 15.1. The van der Waals surface area contributed by atoms with Crippen molar-refractivity contribution in [3.63, 3.8) is 0 Å². The van der Waals surface area contributed by atoms with Crippen LogP contribution < -0.4 is 4.74 Å². The minimum atomic E-state index is -0.563. The first-order valence-corrected chi connectivity index (χ1v) is 6.48. The Hall–Kier alpha value is -2.34.